The lowest BCUT2D eigenvalue weighted by Gasteiger charge is -2.45. The van der Waals surface area contributed by atoms with E-state index < -0.39 is 17.5 Å². The topological polar surface area (TPSA) is 63.9 Å². The van der Waals surface area contributed by atoms with Gasteiger partial charge >= 0.3 is 0 Å². The summed E-state index contributed by atoms with van der Waals surface area (Å²) >= 11 is 0. The molecule has 0 saturated carbocycles. The lowest BCUT2D eigenvalue weighted by atomic mass is 9.81. The van der Waals surface area contributed by atoms with Crippen molar-refractivity contribution in [1.82, 2.24) is 24.6 Å². The highest BCUT2D eigenvalue weighted by atomic mass is 19.2. The van der Waals surface area contributed by atoms with E-state index in [4.69, 9.17) is 0 Å². The molecule has 2 aliphatic rings. The van der Waals surface area contributed by atoms with E-state index >= 15 is 0 Å². The van der Waals surface area contributed by atoms with Crippen LogP contribution in [0, 0.1) is 17.5 Å². The van der Waals surface area contributed by atoms with Gasteiger partial charge in [0.15, 0.2) is 17.5 Å². The van der Waals surface area contributed by atoms with Crippen molar-refractivity contribution in [3.05, 3.63) is 65.1 Å². The van der Waals surface area contributed by atoms with E-state index in [1.54, 1.807) is 11.7 Å². The molecule has 154 valence electrons. The smallest absolute Gasteiger partial charge is 0.274 e. The van der Waals surface area contributed by atoms with E-state index in [0.29, 0.717) is 17.8 Å². The molecule has 2 aromatic heterocycles. The molecule has 2 aliphatic heterocycles. The number of hydrogen-bond donors (Lipinski definition) is 0. The Labute approximate surface area is 170 Å². The van der Waals surface area contributed by atoms with Gasteiger partial charge in [0.25, 0.3) is 5.91 Å². The highest BCUT2D eigenvalue weighted by molar-refractivity contribution is 5.93. The number of aryl methyl sites for hydroxylation is 1. The minimum atomic E-state index is -1.49. The molecule has 2 atom stereocenters. The van der Waals surface area contributed by atoms with Crippen molar-refractivity contribution in [2.24, 2.45) is 7.05 Å². The third-order valence-electron chi connectivity index (χ3n) is 5.95. The van der Waals surface area contributed by atoms with Crippen molar-refractivity contribution in [3.8, 4) is 11.3 Å². The Bertz CT molecular complexity index is 1120. The molecule has 0 spiro atoms. The summed E-state index contributed by atoms with van der Waals surface area (Å²) in [6, 6.07) is 1.64. The number of amides is 1. The summed E-state index contributed by atoms with van der Waals surface area (Å²) in [7, 11) is 1.69. The van der Waals surface area contributed by atoms with E-state index in [2.05, 4.69) is 15.1 Å². The molecule has 1 fully saturated rings. The van der Waals surface area contributed by atoms with Crippen molar-refractivity contribution in [3.63, 3.8) is 0 Å². The van der Waals surface area contributed by atoms with E-state index in [-0.39, 0.29) is 29.2 Å². The summed E-state index contributed by atoms with van der Waals surface area (Å²) < 4.78 is 42.8. The zero-order valence-electron chi connectivity index (χ0n) is 16.1. The minimum absolute atomic E-state index is 0.0798. The highest BCUT2D eigenvalue weighted by Gasteiger charge is 2.44. The molecule has 0 N–H and O–H groups in total. The standard InChI is InChI=1S/C21H18F3N5O/c1-28-20(11-7-14(22)18(24)15(23)8-11)13-9-12-3-2-4-17(19(13)27-28)29(12)21(30)16-10-25-5-6-26-16/h5-8,10,12,17H,2-4,9H2,1H3. The zero-order valence-corrected chi connectivity index (χ0v) is 16.1. The third kappa shape index (κ3) is 2.79. The molecular formula is C21H18F3N5O. The molecule has 2 unspecified atom stereocenters. The maximum atomic E-state index is 13.9. The summed E-state index contributed by atoms with van der Waals surface area (Å²) in [6.45, 7) is 0. The van der Waals surface area contributed by atoms with Crippen LogP contribution in [0.15, 0.2) is 30.7 Å². The van der Waals surface area contributed by atoms with Crippen molar-refractivity contribution in [1.29, 1.82) is 0 Å². The van der Waals surface area contributed by atoms with Crippen LogP contribution in [0.3, 0.4) is 0 Å². The molecule has 30 heavy (non-hydrogen) atoms. The fourth-order valence-corrected chi connectivity index (χ4v) is 4.74. The number of piperidine rings is 1. The highest BCUT2D eigenvalue weighted by Crippen LogP contribution is 2.45. The van der Waals surface area contributed by atoms with Gasteiger partial charge < -0.3 is 4.90 Å². The lowest BCUT2D eigenvalue weighted by molar-refractivity contribution is 0.0385. The van der Waals surface area contributed by atoms with Gasteiger partial charge in [-0.15, -0.1) is 0 Å². The second-order valence-electron chi connectivity index (χ2n) is 7.70. The van der Waals surface area contributed by atoms with Gasteiger partial charge in [0.05, 0.1) is 23.6 Å². The fraction of sp³-hybridized carbons (Fsp3) is 0.333. The van der Waals surface area contributed by atoms with Crippen molar-refractivity contribution in [2.75, 3.05) is 0 Å². The number of halogens is 3. The van der Waals surface area contributed by atoms with Crippen molar-refractivity contribution < 1.29 is 18.0 Å². The fourth-order valence-electron chi connectivity index (χ4n) is 4.74. The molecule has 1 saturated heterocycles. The maximum absolute atomic E-state index is 13.9. The van der Waals surface area contributed by atoms with Crippen LogP contribution in [-0.2, 0) is 13.5 Å². The number of hydrogen-bond acceptors (Lipinski definition) is 4. The molecule has 0 radical (unpaired) electrons. The van der Waals surface area contributed by atoms with Crippen molar-refractivity contribution in [2.45, 2.75) is 37.8 Å². The van der Waals surface area contributed by atoms with E-state index in [0.717, 1.165) is 37.0 Å². The van der Waals surface area contributed by atoms with Gasteiger partial charge in [0.1, 0.15) is 5.69 Å². The quantitative estimate of drug-likeness (QED) is 0.603. The number of aromatic nitrogens is 4. The third-order valence-corrected chi connectivity index (χ3v) is 5.95. The monoisotopic (exact) mass is 413 g/mol. The Morgan fingerprint density at radius 1 is 1.13 bits per heavy atom. The average molecular weight is 413 g/mol. The number of fused-ring (bicyclic) bond motifs is 4. The van der Waals surface area contributed by atoms with Gasteiger partial charge in [0.2, 0.25) is 0 Å². The first kappa shape index (κ1) is 18.8. The van der Waals surface area contributed by atoms with E-state index in [1.165, 1.54) is 18.6 Å². The predicted octanol–water partition coefficient (Wildman–Crippen LogP) is 3.59. The SMILES string of the molecule is Cn1nc2c(c1-c1cc(F)c(F)c(F)c1)CC1CCCC2N1C(=O)c1cnccn1. The molecule has 1 amide bonds. The number of nitrogens with zero attached hydrogens (tertiary/aromatic N) is 5. The average Bonchev–Trinajstić information content (AvgIpc) is 3.07. The Morgan fingerprint density at radius 3 is 2.60 bits per heavy atom. The van der Waals surface area contributed by atoms with Gasteiger partial charge in [-0.2, -0.15) is 5.10 Å². The maximum Gasteiger partial charge on any atom is 0.274 e. The Kier molecular flexibility index (Phi) is 4.34. The molecule has 2 bridgehead atoms. The lowest BCUT2D eigenvalue weighted by Crippen LogP contribution is -2.50. The van der Waals surface area contributed by atoms with Crippen LogP contribution in [0.4, 0.5) is 13.2 Å². The van der Waals surface area contributed by atoms with Crippen LogP contribution in [0.2, 0.25) is 0 Å². The van der Waals surface area contributed by atoms with Crippen LogP contribution in [0.25, 0.3) is 11.3 Å². The first-order valence-corrected chi connectivity index (χ1v) is 9.75. The molecular weight excluding hydrogens is 395 g/mol. The Morgan fingerprint density at radius 2 is 1.90 bits per heavy atom. The Hall–Kier alpha value is -3.23. The summed E-state index contributed by atoms with van der Waals surface area (Å²) in [5.41, 5.74) is 2.61. The predicted molar refractivity (Wildman–Crippen MR) is 101 cm³/mol. The zero-order chi connectivity index (χ0) is 21.0. The molecule has 9 heteroatoms. The first-order valence-electron chi connectivity index (χ1n) is 9.75. The van der Waals surface area contributed by atoms with Crippen LogP contribution < -0.4 is 0 Å². The van der Waals surface area contributed by atoms with E-state index in [9.17, 15) is 18.0 Å². The second kappa shape index (κ2) is 6.93. The summed E-state index contributed by atoms with van der Waals surface area (Å²) in [5.74, 6) is -4.17. The first-order chi connectivity index (χ1) is 14.5. The van der Waals surface area contributed by atoms with Crippen LogP contribution in [0.1, 0.15) is 47.1 Å². The van der Waals surface area contributed by atoms with Crippen LogP contribution >= 0.6 is 0 Å². The van der Waals surface area contributed by atoms with Gasteiger partial charge in [-0.05, 0) is 37.8 Å². The van der Waals surface area contributed by atoms with Crippen LogP contribution in [-0.4, -0.2) is 36.6 Å². The molecule has 1 aromatic carbocycles. The van der Waals surface area contributed by atoms with Gasteiger partial charge in [-0.25, -0.2) is 18.2 Å². The van der Waals surface area contributed by atoms with E-state index in [1.807, 2.05) is 4.90 Å². The largest absolute Gasteiger partial charge is 0.325 e. The molecule has 0 aliphatic carbocycles. The summed E-state index contributed by atoms with van der Waals surface area (Å²) in [5, 5.41) is 4.60. The summed E-state index contributed by atoms with van der Waals surface area (Å²) in [6.07, 6.45) is 7.43. The Balaban J connectivity index is 1.60. The normalized spacial score (nSPS) is 20.2. The van der Waals surface area contributed by atoms with Crippen LogP contribution in [0.5, 0.6) is 0 Å². The molecule has 4 heterocycles. The van der Waals surface area contributed by atoms with Gasteiger partial charge in [0, 0.05) is 36.6 Å². The summed E-state index contributed by atoms with van der Waals surface area (Å²) in [4.78, 5) is 23.1. The number of carbonyl (C=O) groups excluding carboxylic acids is 1. The molecule has 3 aromatic rings. The van der Waals surface area contributed by atoms with Gasteiger partial charge in [-0.3, -0.25) is 14.5 Å². The van der Waals surface area contributed by atoms with Crippen molar-refractivity contribution >= 4 is 5.91 Å². The molecule has 5 rings (SSSR count). The van der Waals surface area contributed by atoms with Gasteiger partial charge in [-0.1, -0.05) is 0 Å². The second-order valence-corrected chi connectivity index (χ2v) is 7.70. The number of benzene rings is 1. The number of rotatable bonds is 2. The molecule has 6 nitrogen and oxygen atoms in total. The number of carbonyl (C=O) groups is 1. The minimum Gasteiger partial charge on any atom is -0.325 e.